The predicted octanol–water partition coefficient (Wildman–Crippen LogP) is 7.54. The lowest BCUT2D eigenvalue weighted by Gasteiger charge is -2.26. The van der Waals surface area contributed by atoms with E-state index in [9.17, 15) is 0 Å². The molecule has 3 aromatic heterocycles. The van der Waals surface area contributed by atoms with Crippen LogP contribution in [0, 0.1) is 12.8 Å². The molecule has 1 fully saturated rings. The number of allylic oxidation sites excluding steroid dienone is 3. The number of rotatable bonds is 8. The number of anilines is 1. The molecule has 0 saturated carbocycles. The zero-order valence-electron chi connectivity index (χ0n) is 24.7. The second kappa shape index (κ2) is 13.5. The van der Waals surface area contributed by atoms with Gasteiger partial charge in [-0.3, -0.25) is 9.88 Å². The van der Waals surface area contributed by atoms with Crippen molar-refractivity contribution in [3.63, 3.8) is 0 Å². The van der Waals surface area contributed by atoms with Gasteiger partial charge in [0.15, 0.2) is 0 Å². The molecule has 1 aliphatic heterocycles. The zero-order chi connectivity index (χ0) is 29.5. The Balaban J connectivity index is 0.00000173. The number of nitrogens with zero attached hydrogens (tertiary/aromatic N) is 3. The first kappa shape index (κ1) is 29.1. The van der Waals surface area contributed by atoms with Crippen LogP contribution < -0.4 is 5.73 Å². The molecule has 1 aliphatic carbocycles. The van der Waals surface area contributed by atoms with Gasteiger partial charge in [0, 0.05) is 30.2 Å². The summed E-state index contributed by atoms with van der Waals surface area (Å²) in [5, 5.41) is 1.13. The monoisotopic (exact) mass is 555 g/mol. The van der Waals surface area contributed by atoms with Crippen LogP contribution in [-0.2, 0) is 19.3 Å². The van der Waals surface area contributed by atoms with Crippen molar-refractivity contribution >= 4 is 22.3 Å². The van der Waals surface area contributed by atoms with Crippen molar-refractivity contribution in [1.82, 2.24) is 19.9 Å². The number of likely N-dealkylation sites (tertiary alicyclic amines) is 1. The smallest absolute Gasteiger partial charge is 0.138 e. The Morgan fingerprint density at radius 1 is 1.02 bits per heavy atom. The Bertz CT molecular complexity index is 1650. The number of piperidine rings is 1. The number of nitrogens with two attached hydrogens (primary N) is 1. The minimum atomic E-state index is 0.614. The molecule has 0 spiro atoms. The van der Waals surface area contributed by atoms with Gasteiger partial charge < -0.3 is 10.7 Å². The summed E-state index contributed by atoms with van der Waals surface area (Å²) in [6.45, 7) is 9.40. The Hall–Kier alpha value is -4.40. The number of nitrogen functional groups attached to an aromatic ring is 1. The van der Waals surface area contributed by atoms with Crippen molar-refractivity contribution in [2.45, 2.75) is 51.9 Å². The van der Waals surface area contributed by atoms with Crippen molar-refractivity contribution in [2.24, 2.45) is 0 Å². The molecular weight excluding hydrogens is 514 g/mol. The molecule has 5 heteroatoms. The second-order valence-electron chi connectivity index (χ2n) is 11.2. The third-order valence-electron chi connectivity index (χ3n) is 8.43. The number of fused-ring (bicyclic) bond motifs is 2. The standard InChI is InChI=1S/C35H39N5.C2H2/c1-3-24(23-40-17-6-5-7-18-40)19-25(4-2)33-14-13-32(36)34(39-33)22-29-21-31-30(15-16-37-35(31)38-29)28-12-11-26-9-8-10-27(26)20-28;1-2/h3-4,11-16,19-21H,1,5-10,17-18,22-23,36H2,2H3,(H,37,38);1-2H/b24-19+,25-4+;. The van der Waals surface area contributed by atoms with Gasteiger partial charge in [0.25, 0.3) is 0 Å². The summed E-state index contributed by atoms with van der Waals surface area (Å²) in [7, 11) is 0. The molecule has 0 radical (unpaired) electrons. The molecule has 0 bridgehead atoms. The van der Waals surface area contributed by atoms with E-state index >= 15 is 0 Å². The number of nitrogens with one attached hydrogen (secondary N) is 1. The minimum absolute atomic E-state index is 0.614. The normalized spacial score (nSPS) is 15.7. The highest BCUT2D eigenvalue weighted by Gasteiger charge is 2.16. The molecule has 42 heavy (non-hydrogen) atoms. The van der Waals surface area contributed by atoms with Crippen molar-refractivity contribution in [1.29, 1.82) is 0 Å². The van der Waals surface area contributed by atoms with E-state index in [1.54, 1.807) is 0 Å². The van der Waals surface area contributed by atoms with Crippen LogP contribution in [0.4, 0.5) is 5.69 Å². The maximum atomic E-state index is 6.45. The van der Waals surface area contributed by atoms with Crippen LogP contribution in [0.1, 0.15) is 60.8 Å². The fraction of sp³-hybridized carbons (Fsp3) is 0.297. The van der Waals surface area contributed by atoms with E-state index in [0.717, 1.165) is 53.3 Å². The second-order valence-corrected chi connectivity index (χ2v) is 11.2. The quantitative estimate of drug-likeness (QED) is 0.174. The van der Waals surface area contributed by atoms with E-state index < -0.39 is 0 Å². The molecule has 1 saturated heterocycles. The Labute approximate surface area is 250 Å². The summed E-state index contributed by atoms with van der Waals surface area (Å²) in [6.07, 6.45) is 24.3. The molecule has 0 amide bonds. The van der Waals surface area contributed by atoms with E-state index in [-0.39, 0.29) is 0 Å². The van der Waals surface area contributed by atoms with Crippen LogP contribution in [-0.4, -0.2) is 39.5 Å². The van der Waals surface area contributed by atoms with E-state index in [1.165, 1.54) is 66.4 Å². The maximum absolute atomic E-state index is 6.45. The van der Waals surface area contributed by atoms with Crippen LogP contribution in [0.25, 0.3) is 27.7 Å². The number of aryl methyl sites for hydroxylation is 2. The van der Waals surface area contributed by atoms with Crippen LogP contribution in [0.2, 0.25) is 0 Å². The number of aromatic amines is 1. The number of aromatic nitrogens is 3. The molecule has 4 heterocycles. The first-order valence-corrected chi connectivity index (χ1v) is 15.0. The van der Waals surface area contributed by atoms with Gasteiger partial charge in [0.2, 0.25) is 0 Å². The highest BCUT2D eigenvalue weighted by atomic mass is 15.1. The number of hydrogen-bond donors (Lipinski definition) is 2. The van der Waals surface area contributed by atoms with Crippen LogP contribution in [0.3, 0.4) is 0 Å². The summed E-state index contributed by atoms with van der Waals surface area (Å²) in [5.41, 5.74) is 18.6. The average Bonchev–Trinajstić information content (AvgIpc) is 3.68. The topological polar surface area (TPSA) is 70.8 Å². The molecule has 1 aromatic carbocycles. The van der Waals surface area contributed by atoms with E-state index in [0.29, 0.717) is 12.1 Å². The van der Waals surface area contributed by atoms with Crippen molar-refractivity contribution < 1.29 is 0 Å². The highest BCUT2D eigenvalue weighted by Crippen LogP contribution is 2.33. The first-order valence-electron chi connectivity index (χ1n) is 15.0. The van der Waals surface area contributed by atoms with Gasteiger partial charge in [-0.2, -0.15) is 0 Å². The van der Waals surface area contributed by atoms with E-state index in [4.69, 9.17) is 10.7 Å². The molecule has 6 rings (SSSR count). The summed E-state index contributed by atoms with van der Waals surface area (Å²) in [6, 6.07) is 15.2. The first-order chi connectivity index (χ1) is 20.6. The maximum Gasteiger partial charge on any atom is 0.138 e. The lowest BCUT2D eigenvalue weighted by Crippen LogP contribution is -2.31. The van der Waals surface area contributed by atoms with Gasteiger partial charge in [-0.25, -0.2) is 4.98 Å². The van der Waals surface area contributed by atoms with Crippen LogP contribution in [0.15, 0.2) is 79.0 Å². The molecule has 5 nitrogen and oxygen atoms in total. The zero-order valence-corrected chi connectivity index (χ0v) is 24.7. The Morgan fingerprint density at radius 3 is 2.62 bits per heavy atom. The Kier molecular flexibility index (Phi) is 9.36. The highest BCUT2D eigenvalue weighted by molar-refractivity contribution is 5.93. The third-order valence-corrected chi connectivity index (χ3v) is 8.43. The van der Waals surface area contributed by atoms with Gasteiger partial charge in [-0.1, -0.05) is 43.4 Å². The third kappa shape index (κ3) is 6.40. The lowest BCUT2D eigenvalue weighted by atomic mass is 9.99. The van der Waals surface area contributed by atoms with Crippen molar-refractivity contribution in [3.8, 4) is 24.0 Å². The minimum Gasteiger partial charge on any atom is -0.397 e. The van der Waals surface area contributed by atoms with Gasteiger partial charge in [-0.05, 0) is 116 Å². The summed E-state index contributed by atoms with van der Waals surface area (Å²) >= 11 is 0. The molecule has 4 aromatic rings. The summed E-state index contributed by atoms with van der Waals surface area (Å²) in [4.78, 5) is 15.7. The van der Waals surface area contributed by atoms with Gasteiger partial charge in [-0.15, -0.1) is 12.8 Å². The fourth-order valence-electron chi connectivity index (χ4n) is 6.21. The molecule has 2 aliphatic rings. The SMILES string of the molecule is C#C.C=C/C(=C\C(=C/C)c1ccc(N)c(Cc2cc3c(-c4ccc5c(c4)CCC5)ccnc3[nH]2)n1)CN1CCCCC1. The number of terminal acetylenes is 1. The summed E-state index contributed by atoms with van der Waals surface area (Å²) < 4.78 is 0. The number of benzene rings is 1. The number of hydrogen-bond acceptors (Lipinski definition) is 4. The number of pyridine rings is 2. The average molecular weight is 556 g/mol. The lowest BCUT2D eigenvalue weighted by molar-refractivity contribution is 0.248. The molecular formula is C37H41N5. The van der Waals surface area contributed by atoms with E-state index in [1.807, 2.05) is 24.4 Å². The van der Waals surface area contributed by atoms with Crippen LogP contribution >= 0.6 is 0 Å². The van der Waals surface area contributed by atoms with Crippen LogP contribution in [0.5, 0.6) is 0 Å². The Morgan fingerprint density at radius 2 is 1.83 bits per heavy atom. The molecule has 0 unspecified atom stereocenters. The van der Waals surface area contributed by atoms with Gasteiger partial charge in [0.1, 0.15) is 5.65 Å². The molecule has 214 valence electrons. The van der Waals surface area contributed by atoms with Crippen molar-refractivity contribution in [2.75, 3.05) is 25.4 Å². The van der Waals surface area contributed by atoms with E-state index in [2.05, 4.69) is 83.7 Å². The summed E-state index contributed by atoms with van der Waals surface area (Å²) in [5.74, 6) is 0. The predicted molar refractivity (Wildman–Crippen MR) is 177 cm³/mol. The van der Waals surface area contributed by atoms with Crippen molar-refractivity contribution in [3.05, 3.63) is 107 Å². The number of H-pyrrole nitrogens is 1. The van der Waals surface area contributed by atoms with Gasteiger partial charge in [0.05, 0.1) is 17.1 Å². The van der Waals surface area contributed by atoms with Gasteiger partial charge >= 0.3 is 0 Å². The largest absolute Gasteiger partial charge is 0.397 e. The molecule has 3 N–H and O–H groups in total. The molecule has 0 atom stereocenters. The fourth-order valence-corrected chi connectivity index (χ4v) is 6.21.